The summed E-state index contributed by atoms with van der Waals surface area (Å²) in [6.45, 7) is 17.7. The Morgan fingerprint density at radius 3 is 2.06 bits per heavy atom. The first-order chi connectivity index (χ1) is 36.8. The van der Waals surface area contributed by atoms with Crippen LogP contribution in [0.5, 0.6) is 0 Å². The van der Waals surface area contributed by atoms with Gasteiger partial charge in [0.15, 0.2) is 5.95 Å². The molecule has 7 N–H and O–H groups in total. The first-order valence-corrected chi connectivity index (χ1v) is 27.2. The average Bonchev–Trinajstić information content (AvgIpc) is 3.93. The van der Waals surface area contributed by atoms with E-state index >= 15 is 0 Å². The minimum absolute atomic E-state index is 0.0410. The van der Waals surface area contributed by atoms with E-state index in [4.69, 9.17) is 14.3 Å². The Morgan fingerprint density at radius 1 is 0.844 bits per heavy atom. The number of aromatic amines is 1. The molecule has 2 aromatic carbocycles. The number of aryl methyl sites for hydroxylation is 4. The van der Waals surface area contributed by atoms with Gasteiger partial charge in [-0.1, -0.05) is 37.6 Å². The van der Waals surface area contributed by atoms with Crippen molar-refractivity contribution in [3.05, 3.63) is 87.0 Å². The lowest BCUT2D eigenvalue weighted by molar-refractivity contribution is -0.142. The number of ether oxygens (including phenoxy) is 2. The van der Waals surface area contributed by atoms with Crippen LogP contribution in [0.15, 0.2) is 58.6 Å². The van der Waals surface area contributed by atoms with Crippen LogP contribution in [-0.2, 0) is 56.6 Å². The number of imidazole rings is 1. The molecule has 1 aliphatic heterocycles. The fourth-order valence-electron chi connectivity index (χ4n) is 9.12. The molecule has 0 radical (unpaired) electrons. The predicted octanol–water partition coefficient (Wildman–Crippen LogP) is 1.05. The van der Waals surface area contributed by atoms with Crippen molar-refractivity contribution >= 4 is 63.3 Å². The Balaban J connectivity index is 0.00000632. The summed E-state index contributed by atoms with van der Waals surface area (Å²) in [7, 11) is -1.32. The third-order valence-electron chi connectivity index (χ3n) is 12.9. The number of hydrogen-bond donors (Lipinski definition) is 7. The van der Waals surface area contributed by atoms with Gasteiger partial charge >= 0.3 is 11.9 Å². The number of carbonyl (C=O) groups excluding carboxylic acids is 5. The van der Waals surface area contributed by atoms with Crippen LogP contribution in [0.4, 0.5) is 5.95 Å². The highest BCUT2D eigenvalue weighted by Crippen LogP contribution is 2.22. The number of fused-ring (bicyclic) bond motifs is 1. The van der Waals surface area contributed by atoms with Crippen LogP contribution in [0.3, 0.4) is 0 Å². The lowest BCUT2D eigenvalue weighted by atomic mass is 10.1. The standard InChI is InChI=1S/C51H76N12O11S.CH2O/c1-8-16-59-18-20-60(21-22-61(33-45(65)74-7)23-25-62(24-19-59)34-73-6)32-44(64)57-41(9-2)49(68)52-13-10-17-63-31-40(46(66)39-12-11-38(28-43(39)63)29-56-51-53-14-15-54-51)48(67)55-30-42(50(69)70)58-75(71,72)47-36(4)26-35(3)27-37(47)5;1-2/h11-12,14-15,26-28,31,41-42,58H,8-10,13,16-25,29-30,32-34H2,1-7H3,(H,52,68)(H,55,67)(H,57,64)(H,69,70)(H2,53,54,56);1H2/t41-,42?;/m0./s1. The second kappa shape index (κ2) is 31.6. The van der Waals surface area contributed by atoms with Gasteiger partial charge in [-0.05, 0) is 75.4 Å². The molecule has 3 heterocycles. The summed E-state index contributed by atoms with van der Waals surface area (Å²) in [5, 5.41) is 21.7. The normalized spacial score (nSPS) is 15.2. The maximum Gasteiger partial charge on any atom is 0.323 e. The molecule has 0 aliphatic carbocycles. The maximum absolute atomic E-state index is 14.0. The van der Waals surface area contributed by atoms with E-state index in [1.165, 1.54) is 13.3 Å². The number of aromatic nitrogens is 3. The van der Waals surface area contributed by atoms with Gasteiger partial charge in [0.2, 0.25) is 27.3 Å². The summed E-state index contributed by atoms with van der Waals surface area (Å²) in [4.78, 5) is 104. The molecule has 0 spiro atoms. The van der Waals surface area contributed by atoms with Gasteiger partial charge in [0.05, 0.1) is 37.3 Å². The Morgan fingerprint density at radius 2 is 1.48 bits per heavy atom. The first kappa shape index (κ1) is 62.9. The van der Waals surface area contributed by atoms with Crippen LogP contribution in [0.2, 0.25) is 0 Å². The first-order valence-electron chi connectivity index (χ1n) is 25.7. The number of nitrogens with one attached hydrogen (secondary N) is 6. The zero-order valence-corrected chi connectivity index (χ0v) is 46.3. The van der Waals surface area contributed by atoms with E-state index in [9.17, 15) is 42.3 Å². The van der Waals surface area contributed by atoms with Gasteiger partial charge in [0, 0.05) is 110 Å². The van der Waals surface area contributed by atoms with Crippen LogP contribution in [0, 0.1) is 20.8 Å². The Bertz CT molecular complexity index is 2740. The largest absolute Gasteiger partial charge is 0.480 e. The minimum Gasteiger partial charge on any atom is -0.480 e. The van der Waals surface area contributed by atoms with Crippen molar-refractivity contribution in [2.45, 2.75) is 83.9 Å². The third-order valence-corrected chi connectivity index (χ3v) is 14.7. The number of rotatable bonds is 25. The molecule has 24 nitrogen and oxygen atoms in total. The fourth-order valence-corrected chi connectivity index (χ4v) is 10.8. The number of nitrogens with zero attached hydrogens (tertiary/aromatic N) is 6. The number of H-pyrrole nitrogens is 1. The molecule has 2 atom stereocenters. The molecule has 3 amide bonds. The van der Waals surface area contributed by atoms with E-state index in [0.29, 0.717) is 81.4 Å². The molecule has 2 aromatic heterocycles. The van der Waals surface area contributed by atoms with E-state index in [2.05, 4.69) is 52.7 Å². The number of amides is 3. The maximum atomic E-state index is 14.0. The Hall–Kier alpha value is -6.61. The van der Waals surface area contributed by atoms with Crippen molar-refractivity contribution < 1.29 is 51.8 Å². The summed E-state index contributed by atoms with van der Waals surface area (Å²) in [5.41, 5.74) is 2.02. The van der Waals surface area contributed by atoms with E-state index < -0.39 is 46.0 Å². The van der Waals surface area contributed by atoms with Gasteiger partial charge in [-0.25, -0.2) is 13.4 Å². The van der Waals surface area contributed by atoms with Crippen LogP contribution in [0.1, 0.15) is 65.7 Å². The second-order valence-corrected chi connectivity index (χ2v) is 20.5. The summed E-state index contributed by atoms with van der Waals surface area (Å²) < 4.78 is 41.3. The number of carboxylic acid groups (broad SMARTS) is 1. The number of hydrogen-bond acceptors (Lipinski definition) is 17. The molecular weight excluding hydrogens is 1020 g/mol. The van der Waals surface area contributed by atoms with E-state index in [1.807, 2.05) is 23.5 Å². The van der Waals surface area contributed by atoms with E-state index in [0.717, 1.165) is 43.7 Å². The van der Waals surface area contributed by atoms with Crippen molar-refractivity contribution in [1.82, 2.24) is 54.8 Å². The van der Waals surface area contributed by atoms with Crippen molar-refractivity contribution in [3.8, 4) is 0 Å². The Kier molecular flexibility index (Phi) is 25.8. The molecule has 77 heavy (non-hydrogen) atoms. The molecule has 1 unspecified atom stereocenters. The van der Waals surface area contributed by atoms with Crippen LogP contribution in [0.25, 0.3) is 10.9 Å². The smallest absolute Gasteiger partial charge is 0.323 e. The van der Waals surface area contributed by atoms with Gasteiger partial charge < -0.3 is 55.1 Å². The fraction of sp³-hybridized carbons (Fsp3) is 0.538. The Labute approximate surface area is 450 Å². The number of carbonyl (C=O) groups is 6. The van der Waals surface area contributed by atoms with Crippen molar-refractivity contribution in [3.63, 3.8) is 0 Å². The number of sulfonamides is 1. The summed E-state index contributed by atoms with van der Waals surface area (Å²) in [5.74, 6) is -2.97. The molecule has 1 fully saturated rings. The molecule has 4 aromatic rings. The lowest BCUT2D eigenvalue weighted by Gasteiger charge is -2.33. The SMILES string of the molecule is C=O.CCCN1CCN(COC)CCN(CC(=O)OC)CCN(CC(=O)N[C@@H](CC)C(=O)NCCCn2cc(C(=O)NCC(NS(=O)(=O)c3c(C)cc(C)cc3C)C(=O)O)c(=O)c3ccc(CNc4ncc[nH]4)cc32)CC1. The molecule has 424 valence electrons. The summed E-state index contributed by atoms with van der Waals surface area (Å²) in [6, 6.07) is 5.86. The zero-order chi connectivity index (χ0) is 56.7. The number of esters is 1. The van der Waals surface area contributed by atoms with Gasteiger partial charge in [0.25, 0.3) is 5.91 Å². The van der Waals surface area contributed by atoms with Gasteiger partial charge in [-0.2, -0.15) is 4.72 Å². The average molecular weight is 1100 g/mol. The van der Waals surface area contributed by atoms with Crippen molar-refractivity contribution in [2.24, 2.45) is 0 Å². The van der Waals surface area contributed by atoms with Crippen LogP contribution < -0.4 is 31.4 Å². The van der Waals surface area contributed by atoms with E-state index in [1.54, 1.807) is 75.2 Å². The third kappa shape index (κ3) is 19.4. The zero-order valence-electron chi connectivity index (χ0n) is 45.4. The molecule has 1 aliphatic rings. The van der Waals surface area contributed by atoms with Gasteiger partial charge in [-0.15, -0.1) is 0 Å². The molecule has 5 rings (SSSR count). The molecule has 25 heteroatoms. The number of benzene rings is 2. The van der Waals surface area contributed by atoms with Crippen LogP contribution >= 0.6 is 0 Å². The molecule has 1 saturated heterocycles. The van der Waals surface area contributed by atoms with Gasteiger partial charge in [-0.3, -0.25) is 43.5 Å². The molecule has 0 bridgehead atoms. The minimum atomic E-state index is -4.35. The molecular formula is C52H78N12O12S. The number of carboxylic acids is 1. The van der Waals surface area contributed by atoms with Crippen molar-refractivity contribution in [1.29, 1.82) is 0 Å². The van der Waals surface area contributed by atoms with Gasteiger partial charge in [0.1, 0.15) is 24.4 Å². The molecule has 0 saturated carbocycles. The van der Waals surface area contributed by atoms with Crippen molar-refractivity contribution in [2.75, 3.05) is 111 Å². The number of pyridine rings is 1. The monoisotopic (exact) mass is 1090 g/mol. The number of aliphatic carboxylic acids is 1. The highest BCUT2D eigenvalue weighted by molar-refractivity contribution is 7.89. The number of methoxy groups -OCH3 is 2. The van der Waals surface area contributed by atoms with E-state index in [-0.39, 0.29) is 59.8 Å². The lowest BCUT2D eigenvalue weighted by Crippen LogP contribution is -2.52. The quantitative estimate of drug-likeness (QED) is 0.0360. The summed E-state index contributed by atoms with van der Waals surface area (Å²) >= 11 is 0. The predicted molar refractivity (Wildman–Crippen MR) is 291 cm³/mol. The number of anilines is 1. The second-order valence-electron chi connectivity index (χ2n) is 18.8. The highest BCUT2D eigenvalue weighted by atomic mass is 32.2. The summed E-state index contributed by atoms with van der Waals surface area (Å²) in [6.07, 6.45) is 6.26. The topological polar surface area (TPSA) is 299 Å². The van der Waals surface area contributed by atoms with Crippen LogP contribution in [-0.4, -0.2) is 202 Å². The highest BCUT2D eigenvalue weighted by Gasteiger charge is 2.30.